The van der Waals surface area contributed by atoms with Crippen LogP contribution in [0.4, 0.5) is 0 Å². The van der Waals surface area contributed by atoms with E-state index in [4.69, 9.17) is 5.41 Å². The fourth-order valence-corrected chi connectivity index (χ4v) is 0.831. The third kappa shape index (κ3) is 1.36. The summed E-state index contributed by atoms with van der Waals surface area (Å²) in [6.07, 6.45) is 4.57. The van der Waals surface area contributed by atoms with E-state index in [-0.39, 0.29) is 0 Å². The molecular weight excluding hydrogens is 180 g/mol. The molecule has 0 saturated carbocycles. The molecule has 1 aromatic rings. The molecule has 0 radical (unpaired) electrons. The van der Waals surface area contributed by atoms with Gasteiger partial charge in [0.1, 0.15) is 0 Å². The van der Waals surface area contributed by atoms with Crippen molar-refractivity contribution in [2.75, 3.05) is 0 Å². The van der Waals surface area contributed by atoms with Crippen LogP contribution < -0.4 is 0 Å². The molecule has 3 heteroatoms. The van der Waals surface area contributed by atoms with Gasteiger partial charge in [0, 0.05) is 28.6 Å². The van der Waals surface area contributed by atoms with E-state index in [0.29, 0.717) is 0 Å². The lowest BCUT2D eigenvalue weighted by atomic mass is 10.3. The number of rotatable bonds is 1. The van der Waals surface area contributed by atoms with Gasteiger partial charge in [0.05, 0.1) is 0 Å². The van der Waals surface area contributed by atoms with Gasteiger partial charge in [-0.15, -0.1) is 0 Å². The Labute approximate surface area is 61.6 Å². The number of nitrogens with zero attached hydrogens (tertiary/aromatic N) is 1. The molecule has 0 atom stereocenters. The van der Waals surface area contributed by atoms with Gasteiger partial charge in [-0.1, -0.05) is 15.9 Å². The van der Waals surface area contributed by atoms with Crippen molar-refractivity contribution in [1.82, 2.24) is 4.98 Å². The average molecular weight is 185 g/mol. The third-order valence-corrected chi connectivity index (χ3v) is 1.67. The zero-order chi connectivity index (χ0) is 6.69. The monoisotopic (exact) mass is 184 g/mol. The second kappa shape index (κ2) is 2.73. The van der Waals surface area contributed by atoms with E-state index >= 15 is 0 Å². The van der Waals surface area contributed by atoms with Crippen molar-refractivity contribution >= 4 is 22.1 Å². The van der Waals surface area contributed by atoms with Crippen LogP contribution in [0, 0.1) is 5.41 Å². The highest BCUT2D eigenvalue weighted by molar-refractivity contribution is 9.10. The summed E-state index contributed by atoms with van der Waals surface area (Å²) in [6, 6.07) is 1.81. The fourth-order valence-electron chi connectivity index (χ4n) is 0.496. The average Bonchev–Trinajstić information content (AvgIpc) is 1.89. The topological polar surface area (TPSA) is 36.7 Å². The zero-order valence-electron chi connectivity index (χ0n) is 4.63. The lowest BCUT2D eigenvalue weighted by Gasteiger charge is -1.91. The molecule has 1 heterocycles. The molecule has 0 bridgehead atoms. The second-order valence-corrected chi connectivity index (χ2v) is 2.40. The highest BCUT2D eigenvalue weighted by Gasteiger charge is 1.91. The van der Waals surface area contributed by atoms with Crippen LogP contribution in [0.2, 0.25) is 0 Å². The molecular formula is C6H5BrN2. The van der Waals surface area contributed by atoms with Gasteiger partial charge in [-0.05, 0) is 6.07 Å². The van der Waals surface area contributed by atoms with Crippen LogP contribution in [0.15, 0.2) is 22.9 Å². The van der Waals surface area contributed by atoms with Gasteiger partial charge in [0.2, 0.25) is 0 Å². The van der Waals surface area contributed by atoms with E-state index in [1.807, 2.05) is 0 Å². The van der Waals surface area contributed by atoms with Crippen LogP contribution in [-0.2, 0) is 0 Å². The molecule has 0 aliphatic carbocycles. The summed E-state index contributed by atoms with van der Waals surface area (Å²) < 4.78 is 0.910. The van der Waals surface area contributed by atoms with Gasteiger partial charge in [0.25, 0.3) is 0 Å². The Bertz CT molecular complexity index is 222. The Morgan fingerprint density at radius 2 is 2.44 bits per heavy atom. The maximum atomic E-state index is 6.89. The molecule has 0 amide bonds. The van der Waals surface area contributed by atoms with Gasteiger partial charge in [-0.3, -0.25) is 4.98 Å². The molecule has 9 heavy (non-hydrogen) atoms. The maximum Gasteiger partial charge on any atom is 0.0366 e. The summed E-state index contributed by atoms with van der Waals surface area (Å²) in [4.78, 5) is 3.84. The first-order valence-corrected chi connectivity index (χ1v) is 3.24. The minimum Gasteiger partial charge on any atom is -0.308 e. The van der Waals surface area contributed by atoms with Crippen molar-refractivity contribution < 1.29 is 0 Å². The van der Waals surface area contributed by atoms with Gasteiger partial charge in [-0.25, -0.2) is 0 Å². The summed E-state index contributed by atoms with van der Waals surface area (Å²) >= 11 is 3.27. The summed E-state index contributed by atoms with van der Waals surface area (Å²) in [7, 11) is 0. The number of aromatic nitrogens is 1. The molecule has 1 aromatic heterocycles. The minimum absolute atomic E-state index is 0.803. The largest absolute Gasteiger partial charge is 0.308 e. The molecule has 1 N–H and O–H groups in total. The number of nitrogens with one attached hydrogen (secondary N) is 1. The SMILES string of the molecule is N=Cc1cnccc1Br. The van der Waals surface area contributed by atoms with Crippen LogP contribution in [0.5, 0.6) is 0 Å². The van der Waals surface area contributed by atoms with E-state index in [1.165, 1.54) is 6.21 Å². The fraction of sp³-hybridized carbons (Fsp3) is 0. The van der Waals surface area contributed by atoms with Gasteiger partial charge >= 0.3 is 0 Å². The zero-order valence-corrected chi connectivity index (χ0v) is 6.22. The third-order valence-electron chi connectivity index (χ3n) is 0.952. The second-order valence-electron chi connectivity index (χ2n) is 1.54. The Morgan fingerprint density at radius 3 is 2.89 bits per heavy atom. The number of halogens is 1. The summed E-state index contributed by atoms with van der Waals surface area (Å²) in [5.41, 5.74) is 0.803. The summed E-state index contributed by atoms with van der Waals surface area (Å²) in [6.45, 7) is 0. The molecule has 0 aromatic carbocycles. The molecule has 46 valence electrons. The van der Waals surface area contributed by atoms with Crippen LogP contribution in [0.25, 0.3) is 0 Å². The predicted molar refractivity (Wildman–Crippen MR) is 39.8 cm³/mol. The van der Waals surface area contributed by atoms with E-state index in [9.17, 15) is 0 Å². The molecule has 0 unspecified atom stereocenters. The first-order valence-electron chi connectivity index (χ1n) is 2.44. The molecule has 2 nitrogen and oxygen atoms in total. The Morgan fingerprint density at radius 1 is 1.67 bits per heavy atom. The highest BCUT2D eigenvalue weighted by Crippen LogP contribution is 2.11. The number of pyridine rings is 1. The van der Waals surface area contributed by atoms with Crippen molar-refractivity contribution in [1.29, 1.82) is 5.41 Å². The van der Waals surface area contributed by atoms with Crippen molar-refractivity contribution in [3.63, 3.8) is 0 Å². The number of hydrogen-bond donors (Lipinski definition) is 1. The quantitative estimate of drug-likeness (QED) is 0.665. The van der Waals surface area contributed by atoms with Gasteiger partial charge in [0.15, 0.2) is 0 Å². The summed E-state index contributed by atoms with van der Waals surface area (Å²) in [5.74, 6) is 0. The molecule has 0 spiro atoms. The summed E-state index contributed by atoms with van der Waals surface area (Å²) in [5, 5.41) is 6.89. The molecule has 0 aliphatic rings. The smallest absolute Gasteiger partial charge is 0.0366 e. The van der Waals surface area contributed by atoms with E-state index in [1.54, 1.807) is 18.5 Å². The lowest BCUT2D eigenvalue weighted by molar-refractivity contribution is 1.30. The van der Waals surface area contributed by atoms with Crippen LogP contribution >= 0.6 is 15.9 Å². The minimum atomic E-state index is 0.803. The normalized spacial score (nSPS) is 9.00. The number of hydrogen-bond acceptors (Lipinski definition) is 2. The van der Waals surface area contributed by atoms with Gasteiger partial charge in [-0.2, -0.15) is 0 Å². The Kier molecular flexibility index (Phi) is 1.95. The van der Waals surface area contributed by atoms with Crippen LogP contribution in [0.3, 0.4) is 0 Å². The van der Waals surface area contributed by atoms with Crippen LogP contribution in [0.1, 0.15) is 5.56 Å². The van der Waals surface area contributed by atoms with Crippen LogP contribution in [-0.4, -0.2) is 11.2 Å². The lowest BCUT2D eigenvalue weighted by Crippen LogP contribution is -1.81. The first-order chi connectivity index (χ1) is 4.34. The van der Waals surface area contributed by atoms with Gasteiger partial charge < -0.3 is 5.41 Å². The standard InChI is InChI=1S/C6H5BrN2/c7-6-1-2-9-4-5(6)3-8/h1-4,8H. The predicted octanol–water partition coefficient (Wildman–Crippen LogP) is 1.84. The van der Waals surface area contributed by atoms with E-state index in [0.717, 1.165) is 10.0 Å². The molecule has 0 saturated heterocycles. The van der Waals surface area contributed by atoms with Crippen molar-refractivity contribution in [3.05, 3.63) is 28.5 Å². The van der Waals surface area contributed by atoms with E-state index in [2.05, 4.69) is 20.9 Å². The first kappa shape index (κ1) is 6.42. The molecule has 0 fully saturated rings. The van der Waals surface area contributed by atoms with Crippen molar-refractivity contribution in [2.45, 2.75) is 0 Å². The Hall–Kier alpha value is -0.700. The maximum absolute atomic E-state index is 6.89. The van der Waals surface area contributed by atoms with Crippen molar-refractivity contribution in [3.8, 4) is 0 Å². The molecule has 0 aliphatic heterocycles. The Balaban J connectivity index is 3.15. The molecule has 1 rings (SSSR count). The highest BCUT2D eigenvalue weighted by atomic mass is 79.9. The van der Waals surface area contributed by atoms with Crippen molar-refractivity contribution in [2.24, 2.45) is 0 Å². The van der Waals surface area contributed by atoms with E-state index < -0.39 is 0 Å².